The number of hydrogen-bond acceptors (Lipinski definition) is 1. The van der Waals surface area contributed by atoms with E-state index in [2.05, 4.69) is 29.2 Å². The Kier molecular flexibility index (Phi) is 2.89. The first-order valence-corrected chi connectivity index (χ1v) is 6.32. The van der Waals surface area contributed by atoms with Gasteiger partial charge in [0.2, 0.25) is 0 Å². The zero-order chi connectivity index (χ0) is 12.4. The number of amides is 1. The minimum atomic E-state index is 0.110. The Hall–Kier alpha value is -2.03. The van der Waals surface area contributed by atoms with Gasteiger partial charge in [0.05, 0.1) is 0 Å². The van der Waals surface area contributed by atoms with Crippen molar-refractivity contribution in [3.8, 4) is 0 Å². The summed E-state index contributed by atoms with van der Waals surface area (Å²) in [6.07, 6.45) is 2.84. The van der Waals surface area contributed by atoms with Gasteiger partial charge in [0, 0.05) is 25.2 Å². The van der Waals surface area contributed by atoms with Gasteiger partial charge >= 0.3 is 0 Å². The minimum absolute atomic E-state index is 0.110. The molecule has 2 heterocycles. The predicted molar refractivity (Wildman–Crippen MR) is 70.5 cm³/mol. The Bertz CT molecular complexity index is 519. The summed E-state index contributed by atoms with van der Waals surface area (Å²) >= 11 is 0. The third-order valence-corrected chi connectivity index (χ3v) is 3.57. The molecule has 2 aromatic rings. The molecule has 0 bridgehead atoms. The van der Waals surface area contributed by atoms with Crippen LogP contribution in [0.1, 0.15) is 28.4 Å². The summed E-state index contributed by atoms with van der Waals surface area (Å²) in [5.74, 6) is 0.587. The molecule has 1 aliphatic heterocycles. The average Bonchev–Trinajstić information content (AvgIpc) is 3.10. The molecule has 1 unspecified atom stereocenters. The molecule has 1 atom stereocenters. The van der Waals surface area contributed by atoms with Crippen molar-refractivity contribution in [2.24, 2.45) is 0 Å². The number of likely N-dealkylation sites (tertiary alicyclic amines) is 1. The lowest BCUT2D eigenvalue weighted by Crippen LogP contribution is -2.28. The number of nitrogens with zero attached hydrogens (tertiary/aromatic N) is 1. The van der Waals surface area contributed by atoms with Crippen molar-refractivity contribution >= 4 is 5.91 Å². The molecule has 1 aliphatic rings. The molecule has 18 heavy (non-hydrogen) atoms. The minimum Gasteiger partial charge on any atom is -0.357 e. The van der Waals surface area contributed by atoms with Gasteiger partial charge in [-0.3, -0.25) is 4.79 Å². The second-order valence-corrected chi connectivity index (χ2v) is 4.73. The lowest BCUT2D eigenvalue weighted by Gasteiger charge is -2.15. The first kappa shape index (κ1) is 11.1. The van der Waals surface area contributed by atoms with Crippen molar-refractivity contribution in [2.75, 3.05) is 13.1 Å². The van der Waals surface area contributed by atoms with E-state index >= 15 is 0 Å². The van der Waals surface area contributed by atoms with Crippen LogP contribution in [-0.2, 0) is 0 Å². The van der Waals surface area contributed by atoms with Gasteiger partial charge in [-0.15, -0.1) is 0 Å². The fraction of sp³-hybridized carbons (Fsp3) is 0.267. The van der Waals surface area contributed by atoms with Gasteiger partial charge in [0.25, 0.3) is 5.91 Å². The number of hydrogen-bond donors (Lipinski definition) is 1. The smallest absolute Gasteiger partial charge is 0.270 e. The molecule has 92 valence electrons. The van der Waals surface area contributed by atoms with Crippen LogP contribution in [0.25, 0.3) is 0 Å². The van der Waals surface area contributed by atoms with E-state index in [0.29, 0.717) is 11.6 Å². The van der Waals surface area contributed by atoms with Crippen LogP contribution in [0.5, 0.6) is 0 Å². The maximum atomic E-state index is 12.2. The average molecular weight is 240 g/mol. The summed E-state index contributed by atoms with van der Waals surface area (Å²) < 4.78 is 0. The van der Waals surface area contributed by atoms with Crippen molar-refractivity contribution in [2.45, 2.75) is 12.3 Å². The highest BCUT2D eigenvalue weighted by Crippen LogP contribution is 2.27. The number of aromatic nitrogens is 1. The maximum Gasteiger partial charge on any atom is 0.270 e. The number of aromatic amines is 1. The Labute approximate surface area is 106 Å². The number of H-pyrrole nitrogens is 1. The van der Waals surface area contributed by atoms with Crippen LogP contribution in [0.2, 0.25) is 0 Å². The third-order valence-electron chi connectivity index (χ3n) is 3.57. The Morgan fingerprint density at radius 1 is 1.17 bits per heavy atom. The van der Waals surface area contributed by atoms with Crippen LogP contribution >= 0.6 is 0 Å². The highest BCUT2D eigenvalue weighted by molar-refractivity contribution is 5.92. The summed E-state index contributed by atoms with van der Waals surface area (Å²) in [6.45, 7) is 1.67. The second-order valence-electron chi connectivity index (χ2n) is 4.73. The summed E-state index contributed by atoms with van der Waals surface area (Å²) in [5.41, 5.74) is 2.02. The van der Waals surface area contributed by atoms with Crippen LogP contribution in [0.15, 0.2) is 48.7 Å². The van der Waals surface area contributed by atoms with Crippen LogP contribution in [-0.4, -0.2) is 28.9 Å². The quantitative estimate of drug-likeness (QED) is 0.860. The van der Waals surface area contributed by atoms with E-state index in [9.17, 15) is 4.79 Å². The molecule has 0 saturated carbocycles. The van der Waals surface area contributed by atoms with E-state index in [1.807, 2.05) is 23.1 Å². The number of carbonyl (C=O) groups is 1. The van der Waals surface area contributed by atoms with Gasteiger partial charge in [-0.05, 0) is 24.1 Å². The zero-order valence-corrected chi connectivity index (χ0v) is 10.2. The second kappa shape index (κ2) is 4.69. The summed E-state index contributed by atoms with van der Waals surface area (Å²) in [4.78, 5) is 17.1. The van der Waals surface area contributed by atoms with E-state index in [4.69, 9.17) is 0 Å². The van der Waals surface area contributed by atoms with Gasteiger partial charge in [-0.2, -0.15) is 0 Å². The lowest BCUT2D eigenvalue weighted by atomic mass is 9.99. The van der Waals surface area contributed by atoms with Crippen molar-refractivity contribution in [1.29, 1.82) is 0 Å². The Balaban J connectivity index is 1.71. The molecule has 0 radical (unpaired) electrons. The molecule has 3 heteroatoms. The number of nitrogens with one attached hydrogen (secondary N) is 1. The lowest BCUT2D eigenvalue weighted by molar-refractivity contribution is 0.0785. The van der Waals surface area contributed by atoms with E-state index in [1.165, 1.54) is 5.56 Å². The first-order valence-electron chi connectivity index (χ1n) is 6.32. The monoisotopic (exact) mass is 240 g/mol. The van der Waals surface area contributed by atoms with Gasteiger partial charge in [-0.25, -0.2) is 0 Å². The van der Waals surface area contributed by atoms with Crippen molar-refractivity contribution in [3.63, 3.8) is 0 Å². The SMILES string of the molecule is O=C(c1ccc[nH]1)N1CCC(c2ccccc2)C1. The highest BCUT2D eigenvalue weighted by atomic mass is 16.2. The Morgan fingerprint density at radius 2 is 2.00 bits per heavy atom. The van der Waals surface area contributed by atoms with Crippen molar-refractivity contribution in [1.82, 2.24) is 9.88 Å². The molecule has 1 fully saturated rings. The van der Waals surface area contributed by atoms with Gasteiger partial charge in [0.15, 0.2) is 0 Å². The van der Waals surface area contributed by atoms with Gasteiger partial charge in [0.1, 0.15) is 5.69 Å². The van der Waals surface area contributed by atoms with Gasteiger partial charge in [-0.1, -0.05) is 30.3 Å². The van der Waals surface area contributed by atoms with Crippen LogP contribution in [0.4, 0.5) is 0 Å². The molecule has 1 amide bonds. The van der Waals surface area contributed by atoms with E-state index in [0.717, 1.165) is 19.5 Å². The maximum absolute atomic E-state index is 12.2. The molecule has 0 spiro atoms. The molecule has 1 saturated heterocycles. The summed E-state index contributed by atoms with van der Waals surface area (Å²) in [7, 11) is 0. The van der Waals surface area contributed by atoms with E-state index in [1.54, 1.807) is 6.20 Å². The van der Waals surface area contributed by atoms with E-state index in [-0.39, 0.29) is 5.91 Å². The predicted octanol–water partition coefficient (Wildman–Crippen LogP) is 2.64. The van der Waals surface area contributed by atoms with Crippen molar-refractivity contribution < 1.29 is 4.79 Å². The molecule has 3 nitrogen and oxygen atoms in total. The van der Waals surface area contributed by atoms with E-state index < -0.39 is 0 Å². The topological polar surface area (TPSA) is 36.1 Å². The molecule has 1 aromatic carbocycles. The first-order chi connectivity index (χ1) is 8.84. The third kappa shape index (κ3) is 2.04. The Morgan fingerprint density at radius 3 is 2.72 bits per heavy atom. The summed E-state index contributed by atoms with van der Waals surface area (Å²) in [6, 6.07) is 14.1. The molecular weight excluding hydrogens is 224 g/mol. The van der Waals surface area contributed by atoms with Crippen molar-refractivity contribution in [3.05, 3.63) is 59.9 Å². The number of carbonyl (C=O) groups excluding carboxylic acids is 1. The standard InChI is InChI=1S/C15H16N2O/c18-15(14-7-4-9-16-14)17-10-8-13(11-17)12-5-2-1-3-6-12/h1-7,9,13,16H,8,10-11H2. The fourth-order valence-electron chi connectivity index (χ4n) is 2.58. The normalized spacial score (nSPS) is 19.1. The van der Waals surface area contributed by atoms with Gasteiger partial charge < -0.3 is 9.88 Å². The van der Waals surface area contributed by atoms with Crippen LogP contribution in [0.3, 0.4) is 0 Å². The number of rotatable bonds is 2. The fourth-order valence-corrected chi connectivity index (χ4v) is 2.58. The summed E-state index contributed by atoms with van der Waals surface area (Å²) in [5, 5.41) is 0. The largest absolute Gasteiger partial charge is 0.357 e. The van der Waals surface area contributed by atoms with Crippen LogP contribution < -0.4 is 0 Å². The highest BCUT2D eigenvalue weighted by Gasteiger charge is 2.27. The molecule has 1 N–H and O–H groups in total. The molecule has 3 rings (SSSR count). The zero-order valence-electron chi connectivity index (χ0n) is 10.2. The molecule has 0 aliphatic carbocycles. The molecular formula is C15H16N2O. The molecule has 1 aromatic heterocycles. The van der Waals surface area contributed by atoms with Crippen LogP contribution in [0, 0.1) is 0 Å². The number of benzene rings is 1.